The van der Waals surface area contributed by atoms with E-state index >= 15 is 0 Å². The van der Waals surface area contributed by atoms with Gasteiger partial charge in [-0.15, -0.1) is 0 Å². The molecule has 0 rings (SSSR count). The van der Waals surface area contributed by atoms with E-state index in [1.165, 1.54) is 0 Å². The summed E-state index contributed by atoms with van der Waals surface area (Å²) in [7, 11) is 0. The Hall–Kier alpha value is -0.990. The summed E-state index contributed by atoms with van der Waals surface area (Å²) >= 11 is 0. The maximum atomic E-state index is 10.2. The highest BCUT2D eigenvalue weighted by molar-refractivity contribution is 5.85. The summed E-state index contributed by atoms with van der Waals surface area (Å²) in [5.74, 6) is -0.795. The Morgan fingerprint density at radius 3 is 2.60 bits per heavy atom. The Morgan fingerprint density at radius 1 is 1.80 bits per heavy atom. The number of allylic oxidation sites excluding steroid dienone is 1. The Labute approximate surface area is 60.5 Å². The first-order chi connectivity index (χ1) is 4.57. The smallest absolute Gasteiger partial charge is 0.351 e. The first-order valence-electron chi connectivity index (χ1n) is 3.28. The van der Waals surface area contributed by atoms with Gasteiger partial charge in [0, 0.05) is 0 Å². The van der Waals surface area contributed by atoms with Crippen LogP contribution >= 0.6 is 0 Å². The SMILES string of the molecule is CCC(C)C=C(N)C(=O)O. The van der Waals surface area contributed by atoms with Crippen molar-refractivity contribution in [3.8, 4) is 0 Å². The van der Waals surface area contributed by atoms with Gasteiger partial charge in [-0.05, 0) is 12.3 Å². The molecule has 3 nitrogen and oxygen atoms in total. The van der Waals surface area contributed by atoms with Crippen LogP contribution < -0.4 is 5.73 Å². The number of carboxylic acid groups (broad SMARTS) is 1. The van der Waals surface area contributed by atoms with Crippen molar-refractivity contribution in [3.63, 3.8) is 0 Å². The fourth-order valence-electron chi connectivity index (χ4n) is 0.496. The molecule has 1 atom stereocenters. The normalized spacial score (nSPS) is 14.8. The van der Waals surface area contributed by atoms with Gasteiger partial charge < -0.3 is 10.8 Å². The van der Waals surface area contributed by atoms with Crippen molar-refractivity contribution >= 4 is 5.97 Å². The zero-order valence-corrected chi connectivity index (χ0v) is 6.29. The van der Waals surface area contributed by atoms with Crippen LogP contribution in [-0.2, 0) is 4.79 Å². The second kappa shape index (κ2) is 3.93. The van der Waals surface area contributed by atoms with Crippen molar-refractivity contribution in [3.05, 3.63) is 11.8 Å². The summed E-state index contributed by atoms with van der Waals surface area (Å²) < 4.78 is 0. The third-order valence-electron chi connectivity index (χ3n) is 1.35. The van der Waals surface area contributed by atoms with E-state index in [9.17, 15) is 4.79 Å². The predicted octanol–water partition coefficient (Wildman–Crippen LogP) is 0.960. The van der Waals surface area contributed by atoms with Gasteiger partial charge in [-0.25, -0.2) is 4.79 Å². The van der Waals surface area contributed by atoms with Crippen molar-refractivity contribution < 1.29 is 9.90 Å². The van der Waals surface area contributed by atoms with Crippen molar-refractivity contribution in [2.24, 2.45) is 11.7 Å². The summed E-state index contributed by atoms with van der Waals surface area (Å²) in [6.07, 6.45) is 2.47. The summed E-state index contributed by atoms with van der Waals surface area (Å²) in [5, 5.41) is 8.33. The van der Waals surface area contributed by atoms with E-state index in [4.69, 9.17) is 10.8 Å². The van der Waals surface area contributed by atoms with Crippen LogP contribution in [0.2, 0.25) is 0 Å². The van der Waals surface area contributed by atoms with Gasteiger partial charge in [-0.3, -0.25) is 0 Å². The van der Waals surface area contributed by atoms with Crippen LogP contribution in [0, 0.1) is 5.92 Å². The molecule has 0 aromatic rings. The molecule has 0 heterocycles. The van der Waals surface area contributed by atoms with Gasteiger partial charge in [0.15, 0.2) is 0 Å². The minimum atomic E-state index is -1.04. The number of hydrogen-bond acceptors (Lipinski definition) is 2. The number of hydrogen-bond donors (Lipinski definition) is 2. The Kier molecular flexibility index (Phi) is 3.54. The van der Waals surface area contributed by atoms with Crippen LogP contribution in [0.5, 0.6) is 0 Å². The molecule has 0 bridgehead atoms. The molecule has 0 aliphatic rings. The average molecular weight is 143 g/mol. The summed E-state index contributed by atoms with van der Waals surface area (Å²) in [4.78, 5) is 10.2. The minimum absolute atomic E-state index is 0.0608. The van der Waals surface area contributed by atoms with Crippen LogP contribution in [0.4, 0.5) is 0 Å². The van der Waals surface area contributed by atoms with Crippen LogP contribution in [0.25, 0.3) is 0 Å². The van der Waals surface area contributed by atoms with Crippen LogP contribution in [0.15, 0.2) is 11.8 Å². The lowest BCUT2D eigenvalue weighted by Crippen LogP contribution is -2.11. The number of carbonyl (C=O) groups is 1. The molecule has 0 saturated heterocycles. The lowest BCUT2D eigenvalue weighted by molar-refractivity contribution is -0.132. The molecule has 3 N–H and O–H groups in total. The molecule has 1 unspecified atom stereocenters. The van der Waals surface area contributed by atoms with E-state index in [-0.39, 0.29) is 11.6 Å². The standard InChI is InChI=1S/C7H13NO2/c1-3-5(2)4-6(8)7(9)10/h4-5H,3,8H2,1-2H3,(H,9,10). The van der Waals surface area contributed by atoms with Gasteiger partial charge in [-0.1, -0.05) is 19.9 Å². The average Bonchev–Trinajstić information content (AvgIpc) is 1.87. The molecular formula is C7H13NO2. The van der Waals surface area contributed by atoms with Gasteiger partial charge in [-0.2, -0.15) is 0 Å². The van der Waals surface area contributed by atoms with E-state index in [1.807, 2.05) is 13.8 Å². The lowest BCUT2D eigenvalue weighted by atomic mass is 10.1. The van der Waals surface area contributed by atoms with Crippen molar-refractivity contribution in [1.29, 1.82) is 0 Å². The van der Waals surface area contributed by atoms with Gasteiger partial charge in [0.25, 0.3) is 0 Å². The molecule has 0 aromatic carbocycles. The highest BCUT2D eigenvalue weighted by Crippen LogP contribution is 2.03. The Morgan fingerprint density at radius 2 is 2.30 bits per heavy atom. The lowest BCUT2D eigenvalue weighted by Gasteiger charge is -2.00. The molecule has 58 valence electrons. The van der Waals surface area contributed by atoms with Gasteiger partial charge >= 0.3 is 5.97 Å². The van der Waals surface area contributed by atoms with E-state index in [2.05, 4.69) is 0 Å². The number of aliphatic carboxylic acids is 1. The highest BCUT2D eigenvalue weighted by Gasteiger charge is 2.02. The molecule has 0 aromatic heterocycles. The molecule has 0 amide bonds. The third kappa shape index (κ3) is 3.12. The van der Waals surface area contributed by atoms with E-state index < -0.39 is 5.97 Å². The first kappa shape index (κ1) is 9.01. The van der Waals surface area contributed by atoms with Crippen molar-refractivity contribution in [2.75, 3.05) is 0 Å². The maximum absolute atomic E-state index is 10.2. The third-order valence-corrected chi connectivity index (χ3v) is 1.35. The minimum Gasteiger partial charge on any atom is -0.477 e. The molecular weight excluding hydrogens is 130 g/mol. The largest absolute Gasteiger partial charge is 0.477 e. The quantitative estimate of drug-likeness (QED) is 0.578. The maximum Gasteiger partial charge on any atom is 0.351 e. The Balaban J connectivity index is 4.02. The second-order valence-electron chi connectivity index (χ2n) is 2.31. The Bertz CT molecular complexity index is 152. The zero-order valence-electron chi connectivity index (χ0n) is 6.29. The topological polar surface area (TPSA) is 63.3 Å². The molecule has 0 saturated carbocycles. The fraction of sp³-hybridized carbons (Fsp3) is 0.571. The monoisotopic (exact) mass is 143 g/mol. The van der Waals surface area contributed by atoms with Crippen molar-refractivity contribution in [2.45, 2.75) is 20.3 Å². The van der Waals surface area contributed by atoms with E-state index in [1.54, 1.807) is 6.08 Å². The number of nitrogens with two attached hydrogens (primary N) is 1. The highest BCUT2D eigenvalue weighted by atomic mass is 16.4. The molecule has 0 spiro atoms. The number of rotatable bonds is 3. The molecule has 3 heteroatoms. The number of carboxylic acids is 1. The molecule has 0 aliphatic heterocycles. The molecule has 0 radical (unpaired) electrons. The van der Waals surface area contributed by atoms with Crippen LogP contribution in [-0.4, -0.2) is 11.1 Å². The summed E-state index contributed by atoms with van der Waals surface area (Å²) in [5.41, 5.74) is 5.09. The molecule has 0 aliphatic carbocycles. The van der Waals surface area contributed by atoms with Crippen LogP contribution in [0.3, 0.4) is 0 Å². The summed E-state index contributed by atoms with van der Waals surface area (Å²) in [6.45, 7) is 3.91. The van der Waals surface area contributed by atoms with Crippen molar-refractivity contribution in [1.82, 2.24) is 0 Å². The van der Waals surface area contributed by atoms with Crippen LogP contribution in [0.1, 0.15) is 20.3 Å². The zero-order chi connectivity index (χ0) is 8.15. The summed E-state index contributed by atoms with van der Waals surface area (Å²) in [6, 6.07) is 0. The first-order valence-corrected chi connectivity index (χ1v) is 3.28. The fourth-order valence-corrected chi connectivity index (χ4v) is 0.496. The van der Waals surface area contributed by atoms with E-state index in [0.29, 0.717) is 0 Å². The van der Waals surface area contributed by atoms with Gasteiger partial charge in [0.2, 0.25) is 0 Å². The molecule has 10 heavy (non-hydrogen) atoms. The van der Waals surface area contributed by atoms with E-state index in [0.717, 1.165) is 6.42 Å². The second-order valence-corrected chi connectivity index (χ2v) is 2.31. The molecule has 0 fully saturated rings. The predicted molar refractivity (Wildman–Crippen MR) is 39.4 cm³/mol. The van der Waals surface area contributed by atoms with Gasteiger partial charge in [0.1, 0.15) is 5.70 Å². The van der Waals surface area contributed by atoms with Gasteiger partial charge in [0.05, 0.1) is 0 Å².